The molecule has 2 aromatic carbocycles. The summed E-state index contributed by atoms with van der Waals surface area (Å²) in [7, 11) is 1.70. The second-order valence-corrected chi connectivity index (χ2v) is 4.75. The molecular formula is C16H14N2O. The van der Waals surface area contributed by atoms with Gasteiger partial charge in [0.05, 0.1) is 18.1 Å². The second-order valence-electron chi connectivity index (χ2n) is 4.75. The lowest BCUT2D eigenvalue weighted by Gasteiger charge is -1.99. The van der Waals surface area contributed by atoms with Gasteiger partial charge in [0.25, 0.3) is 0 Å². The molecule has 0 radical (unpaired) electrons. The smallest absolute Gasteiger partial charge is 0.146 e. The molecule has 0 N–H and O–H groups in total. The van der Waals surface area contributed by atoms with Gasteiger partial charge in [-0.1, -0.05) is 25.1 Å². The van der Waals surface area contributed by atoms with Gasteiger partial charge in [-0.25, -0.2) is 4.98 Å². The Labute approximate surface area is 110 Å². The fourth-order valence-electron chi connectivity index (χ4n) is 2.98. The van der Waals surface area contributed by atoms with Gasteiger partial charge in [0, 0.05) is 17.2 Å². The number of benzene rings is 2. The molecule has 4 rings (SSSR count). The minimum absolute atomic E-state index is 0.847. The predicted molar refractivity (Wildman–Crippen MR) is 77.3 cm³/mol. The molecule has 3 nitrogen and oxygen atoms in total. The third-order valence-electron chi connectivity index (χ3n) is 3.81. The van der Waals surface area contributed by atoms with Crippen LogP contribution in [0.5, 0.6) is 5.75 Å². The lowest BCUT2D eigenvalue weighted by molar-refractivity contribution is 0.419. The Morgan fingerprint density at radius 1 is 1.11 bits per heavy atom. The number of ether oxygens (including phenoxy) is 1. The summed E-state index contributed by atoms with van der Waals surface area (Å²) in [4.78, 5) is 4.75. The van der Waals surface area contributed by atoms with Crippen molar-refractivity contribution in [2.45, 2.75) is 13.3 Å². The predicted octanol–water partition coefficient (Wildman–Crippen LogP) is 3.65. The molecule has 0 unspecified atom stereocenters. The zero-order valence-electron chi connectivity index (χ0n) is 11.0. The van der Waals surface area contributed by atoms with E-state index in [9.17, 15) is 0 Å². The van der Waals surface area contributed by atoms with Crippen LogP contribution in [0.15, 0.2) is 36.4 Å². The van der Waals surface area contributed by atoms with Crippen molar-refractivity contribution in [3.63, 3.8) is 0 Å². The van der Waals surface area contributed by atoms with Crippen molar-refractivity contribution in [1.82, 2.24) is 9.38 Å². The van der Waals surface area contributed by atoms with Gasteiger partial charge in [-0.3, -0.25) is 4.40 Å². The zero-order chi connectivity index (χ0) is 13.0. The van der Waals surface area contributed by atoms with Gasteiger partial charge in [0.1, 0.15) is 17.1 Å². The minimum Gasteiger partial charge on any atom is -0.494 e. The summed E-state index contributed by atoms with van der Waals surface area (Å²) < 4.78 is 7.71. The summed E-state index contributed by atoms with van der Waals surface area (Å²) in [5.74, 6) is 1.94. The monoisotopic (exact) mass is 250 g/mol. The number of rotatable bonds is 2. The fraction of sp³-hybridized carbons (Fsp3) is 0.188. The normalized spacial score (nSPS) is 11.9. The van der Waals surface area contributed by atoms with Crippen molar-refractivity contribution in [3.8, 4) is 5.75 Å². The Morgan fingerprint density at radius 3 is 2.74 bits per heavy atom. The highest BCUT2D eigenvalue weighted by atomic mass is 16.5. The molecule has 0 aliphatic rings. The lowest BCUT2D eigenvalue weighted by atomic mass is 10.1. The number of fused-ring (bicyclic) bond motifs is 3. The van der Waals surface area contributed by atoms with Gasteiger partial charge in [0.2, 0.25) is 0 Å². The second kappa shape index (κ2) is 3.60. The Kier molecular flexibility index (Phi) is 2.01. The lowest BCUT2D eigenvalue weighted by Crippen LogP contribution is -1.89. The molecule has 0 fully saturated rings. The van der Waals surface area contributed by atoms with Crippen LogP contribution in [-0.2, 0) is 6.42 Å². The molecule has 0 aliphatic carbocycles. The van der Waals surface area contributed by atoms with Crippen LogP contribution in [0.2, 0.25) is 0 Å². The molecule has 19 heavy (non-hydrogen) atoms. The van der Waals surface area contributed by atoms with Crippen LogP contribution in [0.25, 0.3) is 27.3 Å². The highest BCUT2D eigenvalue weighted by molar-refractivity contribution is 6.14. The zero-order valence-corrected chi connectivity index (χ0v) is 11.0. The summed E-state index contributed by atoms with van der Waals surface area (Å²) in [6.45, 7) is 2.14. The molecule has 0 atom stereocenters. The van der Waals surface area contributed by atoms with Crippen molar-refractivity contribution < 1.29 is 4.74 Å². The number of hydrogen-bond acceptors (Lipinski definition) is 2. The molecule has 0 aliphatic heterocycles. The number of hydrogen-bond donors (Lipinski definition) is 0. The molecular weight excluding hydrogens is 236 g/mol. The Morgan fingerprint density at radius 2 is 1.95 bits per heavy atom. The van der Waals surface area contributed by atoms with Gasteiger partial charge >= 0.3 is 0 Å². The topological polar surface area (TPSA) is 26.5 Å². The van der Waals surface area contributed by atoms with Crippen LogP contribution < -0.4 is 4.74 Å². The Balaban J connectivity index is 2.36. The minimum atomic E-state index is 0.847. The van der Waals surface area contributed by atoms with Gasteiger partial charge < -0.3 is 4.74 Å². The number of aryl methyl sites for hydroxylation is 1. The van der Waals surface area contributed by atoms with E-state index < -0.39 is 0 Å². The van der Waals surface area contributed by atoms with E-state index in [1.165, 1.54) is 21.8 Å². The first kappa shape index (κ1) is 10.6. The van der Waals surface area contributed by atoms with Gasteiger partial charge in [-0.05, 0) is 18.2 Å². The first-order valence-electron chi connectivity index (χ1n) is 6.53. The van der Waals surface area contributed by atoms with E-state index >= 15 is 0 Å². The number of nitrogens with zero attached hydrogens (tertiary/aromatic N) is 2. The van der Waals surface area contributed by atoms with E-state index in [2.05, 4.69) is 41.7 Å². The summed E-state index contributed by atoms with van der Waals surface area (Å²) in [6, 6.07) is 12.6. The van der Waals surface area contributed by atoms with E-state index in [1.54, 1.807) is 7.11 Å². The maximum atomic E-state index is 5.45. The Hall–Kier alpha value is -2.29. The standard InChI is InChI=1S/C16H14N2O/c1-3-14-17-15-13(19-2)9-8-11-10-6-4-5-7-12(10)18(14)16(11)15/h4-9H,3H2,1-2H3. The molecule has 94 valence electrons. The van der Waals surface area contributed by atoms with E-state index in [1.807, 2.05) is 6.07 Å². The van der Waals surface area contributed by atoms with E-state index in [0.29, 0.717) is 0 Å². The molecule has 2 heterocycles. The molecule has 3 heteroatoms. The summed E-state index contributed by atoms with van der Waals surface area (Å²) in [5.41, 5.74) is 3.37. The number of methoxy groups -OCH3 is 1. The maximum Gasteiger partial charge on any atom is 0.146 e. The number of aromatic nitrogens is 2. The first-order valence-corrected chi connectivity index (χ1v) is 6.53. The largest absolute Gasteiger partial charge is 0.494 e. The molecule has 4 aromatic rings. The van der Waals surface area contributed by atoms with Crippen molar-refractivity contribution in [2.24, 2.45) is 0 Å². The van der Waals surface area contributed by atoms with Crippen LogP contribution in [0, 0.1) is 0 Å². The molecule has 0 spiro atoms. The maximum absolute atomic E-state index is 5.45. The van der Waals surface area contributed by atoms with E-state index in [0.717, 1.165) is 23.5 Å². The van der Waals surface area contributed by atoms with Crippen molar-refractivity contribution in [3.05, 3.63) is 42.2 Å². The van der Waals surface area contributed by atoms with E-state index in [4.69, 9.17) is 9.72 Å². The molecule has 0 saturated heterocycles. The number of para-hydroxylation sites is 1. The van der Waals surface area contributed by atoms with Crippen LogP contribution in [0.1, 0.15) is 12.7 Å². The quantitative estimate of drug-likeness (QED) is 0.543. The first-order chi connectivity index (χ1) is 9.35. The van der Waals surface area contributed by atoms with Crippen LogP contribution in [-0.4, -0.2) is 16.5 Å². The molecule has 2 aromatic heterocycles. The third kappa shape index (κ3) is 1.19. The molecule has 0 saturated carbocycles. The van der Waals surface area contributed by atoms with Crippen molar-refractivity contribution >= 4 is 27.3 Å². The van der Waals surface area contributed by atoms with Crippen LogP contribution >= 0.6 is 0 Å². The van der Waals surface area contributed by atoms with Crippen LogP contribution in [0.3, 0.4) is 0 Å². The highest BCUT2D eigenvalue weighted by Gasteiger charge is 2.18. The summed E-state index contributed by atoms with van der Waals surface area (Å²) in [6.07, 6.45) is 0.908. The van der Waals surface area contributed by atoms with Crippen molar-refractivity contribution in [1.29, 1.82) is 0 Å². The number of imidazole rings is 1. The SMILES string of the molecule is CCc1nc2c(OC)ccc3c4ccccc4n1c23. The molecule has 0 amide bonds. The molecule has 0 bridgehead atoms. The summed E-state index contributed by atoms with van der Waals surface area (Å²) >= 11 is 0. The average molecular weight is 250 g/mol. The van der Waals surface area contributed by atoms with Gasteiger partial charge in [-0.15, -0.1) is 0 Å². The van der Waals surface area contributed by atoms with E-state index in [-0.39, 0.29) is 0 Å². The van der Waals surface area contributed by atoms with Crippen LogP contribution in [0.4, 0.5) is 0 Å². The third-order valence-corrected chi connectivity index (χ3v) is 3.81. The highest BCUT2D eigenvalue weighted by Crippen LogP contribution is 2.37. The Bertz CT molecular complexity index is 892. The van der Waals surface area contributed by atoms with Gasteiger partial charge in [0.15, 0.2) is 0 Å². The van der Waals surface area contributed by atoms with Crippen molar-refractivity contribution in [2.75, 3.05) is 7.11 Å². The van der Waals surface area contributed by atoms with Gasteiger partial charge in [-0.2, -0.15) is 0 Å². The average Bonchev–Trinajstić information content (AvgIpc) is 3.00. The summed E-state index contributed by atoms with van der Waals surface area (Å²) in [5, 5.41) is 2.53. The fourth-order valence-corrected chi connectivity index (χ4v) is 2.98.